The van der Waals surface area contributed by atoms with Crippen LogP contribution in [0.5, 0.6) is 5.75 Å². The van der Waals surface area contributed by atoms with Gasteiger partial charge in [-0.25, -0.2) is 9.78 Å². The quantitative estimate of drug-likeness (QED) is 0.0201. The third-order valence-electron chi connectivity index (χ3n) is 13.5. The lowest BCUT2D eigenvalue weighted by molar-refractivity contribution is -0.172. The van der Waals surface area contributed by atoms with Crippen molar-refractivity contribution in [3.8, 4) is 17.1 Å². The van der Waals surface area contributed by atoms with E-state index in [2.05, 4.69) is 21.3 Å². The summed E-state index contributed by atoms with van der Waals surface area (Å²) < 4.78 is 55.2. The molecule has 0 saturated heterocycles. The molecule has 5 amide bonds. The number of aliphatic carboxylic acids is 1. The maximum absolute atomic E-state index is 13.5. The molecule has 0 unspecified atom stereocenters. The van der Waals surface area contributed by atoms with Crippen molar-refractivity contribution >= 4 is 58.3 Å². The van der Waals surface area contributed by atoms with E-state index in [9.17, 15) is 48.3 Å². The summed E-state index contributed by atoms with van der Waals surface area (Å²) in [4.78, 5) is 119. The highest BCUT2D eigenvalue weighted by Gasteiger charge is 2.45. The third kappa shape index (κ3) is 24.4. The van der Waals surface area contributed by atoms with Crippen LogP contribution in [0.25, 0.3) is 22.3 Å². The first-order valence-electron chi connectivity index (χ1n) is 29.0. The van der Waals surface area contributed by atoms with Crippen molar-refractivity contribution in [1.82, 2.24) is 35.7 Å². The number of hydrogen-bond acceptors (Lipinski definition) is 21. The Hall–Kier alpha value is -7.02. The van der Waals surface area contributed by atoms with Crippen LogP contribution in [0.3, 0.4) is 0 Å². The Balaban J connectivity index is 0.895. The number of aromatic nitrogens is 2. The molecule has 0 fully saturated rings. The fourth-order valence-electron chi connectivity index (χ4n) is 8.88. The minimum atomic E-state index is -1.96. The van der Waals surface area contributed by atoms with Crippen molar-refractivity contribution < 1.29 is 95.9 Å². The number of nitrogens with one attached hydrogen (secondary N) is 4. The molecule has 0 saturated carbocycles. The highest BCUT2D eigenvalue weighted by atomic mass is 16.6. The number of rotatable bonds is 46. The number of esters is 2. The van der Waals surface area contributed by atoms with Crippen LogP contribution < -0.4 is 31.6 Å². The molecule has 0 spiro atoms. The minimum absolute atomic E-state index is 0.00430. The second-order valence-corrected chi connectivity index (χ2v) is 19.8. The van der Waals surface area contributed by atoms with Gasteiger partial charge in [-0.15, -0.1) is 0 Å². The van der Waals surface area contributed by atoms with Crippen molar-refractivity contribution in [1.29, 1.82) is 0 Å². The van der Waals surface area contributed by atoms with Gasteiger partial charge in [0.05, 0.1) is 141 Å². The molecule has 28 heteroatoms. The lowest BCUT2D eigenvalue weighted by Gasteiger charge is -2.31. The second-order valence-electron chi connectivity index (χ2n) is 19.8. The molecule has 4 heterocycles. The van der Waals surface area contributed by atoms with E-state index in [1.54, 1.807) is 38.3 Å². The summed E-state index contributed by atoms with van der Waals surface area (Å²) in [6.45, 7) is 8.81. The Morgan fingerprint density at radius 2 is 1.15 bits per heavy atom. The molecule has 2 aliphatic heterocycles. The fraction of sp³-hybridized carbons (Fsp3) is 0.621. The van der Waals surface area contributed by atoms with E-state index in [4.69, 9.17) is 57.5 Å². The number of ether oxygens (including phenoxy) is 10. The average molecular weight is 1210 g/mol. The highest BCUT2D eigenvalue weighted by Crippen LogP contribution is 2.39. The summed E-state index contributed by atoms with van der Waals surface area (Å²) in [5.74, 6) is -4.27. The molecule has 0 bridgehead atoms. The van der Waals surface area contributed by atoms with Gasteiger partial charge in [-0.1, -0.05) is 6.92 Å². The van der Waals surface area contributed by atoms with E-state index in [1.807, 2.05) is 6.07 Å². The maximum Gasteiger partial charge on any atom is 0.343 e. The van der Waals surface area contributed by atoms with Crippen LogP contribution in [-0.2, 0) is 99.7 Å². The minimum Gasteiger partial charge on any atom is -0.481 e. The van der Waals surface area contributed by atoms with E-state index in [0.717, 1.165) is 0 Å². The van der Waals surface area contributed by atoms with Crippen LogP contribution in [-0.4, -0.2) is 218 Å². The molecule has 3 aromatic rings. The number of carbonyl (C=O) groups is 8. The Morgan fingerprint density at radius 3 is 1.71 bits per heavy atom. The van der Waals surface area contributed by atoms with Gasteiger partial charge in [0.1, 0.15) is 12.4 Å². The normalized spacial score (nSPS) is 14.0. The van der Waals surface area contributed by atoms with Gasteiger partial charge in [-0.2, -0.15) is 0 Å². The van der Waals surface area contributed by atoms with Crippen LogP contribution in [0, 0.1) is 0 Å². The number of methoxy groups -OCH3 is 1. The third-order valence-corrected chi connectivity index (χ3v) is 13.5. The summed E-state index contributed by atoms with van der Waals surface area (Å²) >= 11 is 0. The van der Waals surface area contributed by atoms with E-state index in [1.165, 1.54) is 9.47 Å². The van der Waals surface area contributed by atoms with Gasteiger partial charge >= 0.3 is 17.9 Å². The second kappa shape index (κ2) is 38.9. The average Bonchev–Trinajstić information content (AvgIpc) is 1.58. The summed E-state index contributed by atoms with van der Waals surface area (Å²) in [6, 6.07) is 8.24. The summed E-state index contributed by atoms with van der Waals surface area (Å²) in [5, 5.41) is 31.4. The van der Waals surface area contributed by atoms with E-state index in [0.29, 0.717) is 133 Å². The van der Waals surface area contributed by atoms with Gasteiger partial charge in [0.25, 0.3) is 5.56 Å². The van der Waals surface area contributed by atoms with Crippen molar-refractivity contribution in [2.75, 3.05) is 145 Å². The number of carboxylic acids is 1. The molecule has 2 aromatic heterocycles. The molecule has 476 valence electrons. The van der Waals surface area contributed by atoms with E-state index in [-0.39, 0.29) is 145 Å². The van der Waals surface area contributed by atoms with Crippen molar-refractivity contribution in [2.45, 2.75) is 89.9 Å². The molecule has 1 aromatic carbocycles. The molecule has 5 rings (SSSR count). The SMILES string of the molecule is CC[C@@]1(O)C(=O)OCc2c1cc1n(c2=O)Cc2cc3cc(OC(=O)CCC(=O)NCCN(CCNC(=O)CCC(=O)O)C(=O)CCCNC(=O)CCCC(=O)NCCOCCOCCOCCOCCOCCOCCOCCOC)ccc3nc2-1. The number of carbonyl (C=O) groups excluding carboxylic acids is 7. The van der Waals surface area contributed by atoms with Crippen LogP contribution in [0.1, 0.15) is 87.8 Å². The van der Waals surface area contributed by atoms with Crippen LogP contribution in [0.4, 0.5) is 0 Å². The number of fused-ring (bicyclic) bond motifs is 5. The lowest BCUT2D eigenvalue weighted by atomic mass is 9.86. The number of nitrogens with zero attached hydrogens (tertiary/aromatic N) is 3. The van der Waals surface area contributed by atoms with Crippen molar-refractivity contribution in [3.05, 3.63) is 57.4 Å². The smallest absolute Gasteiger partial charge is 0.343 e. The monoisotopic (exact) mass is 1210 g/mol. The number of pyridine rings is 2. The van der Waals surface area contributed by atoms with E-state index < -0.39 is 40.9 Å². The molecule has 28 nitrogen and oxygen atoms in total. The van der Waals surface area contributed by atoms with Gasteiger partial charge in [0.15, 0.2) is 5.60 Å². The number of amides is 5. The number of hydrogen-bond donors (Lipinski definition) is 6. The summed E-state index contributed by atoms with van der Waals surface area (Å²) in [5.41, 5.74) is 0.258. The first-order chi connectivity index (χ1) is 41.6. The number of cyclic esters (lactones) is 1. The maximum atomic E-state index is 13.5. The van der Waals surface area contributed by atoms with Crippen LogP contribution in [0.2, 0.25) is 0 Å². The topological polar surface area (TPSA) is 356 Å². The van der Waals surface area contributed by atoms with Crippen molar-refractivity contribution in [2.24, 2.45) is 0 Å². The number of carboxylic acid groups (broad SMARTS) is 1. The Bertz CT molecular complexity index is 2760. The number of benzene rings is 1. The van der Waals surface area contributed by atoms with Gasteiger partial charge in [-0.05, 0) is 49.6 Å². The molecule has 86 heavy (non-hydrogen) atoms. The fourth-order valence-corrected chi connectivity index (χ4v) is 8.88. The molecule has 0 radical (unpaired) electrons. The van der Waals surface area contributed by atoms with Gasteiger partial charge in [0.2, 0.25) is 29.5 Å². The zero-order valence-electron chi connectivity index (χ0n) is 49.2. The predicted molar refractivity (Wildman–Crippen MR) is 306 cm³/mol. The molecule has 2 aliphatic rings. The zero-order chi connectivity index (χ0) is 61.9. The molecule has 6 N–H and O–H groups in total. The predicted octanol–water partition coefficient (Wildman–Crippen LogP) is 0.636. The van der Waals surface area contributed by atoms with Crippen molar-refractivity contribution in [3.63, 3.8) is 0 Å². The Kier molecular flexibility index (Phi) is 31.6. The lowest BCUT2D eigenvalue weighted by Crippen LogP contribution is -2.44. The largest absolute Gasteiger partial charge is 0.481 e. The summed E-state index contributed by atoms with van der Waals surface area (Å²) in [7, 11) is 1.62. The van der Waals surface area contributed by atoms with Gasteiger partial charge in [0, 0.05) is 95.0 Å². The Labute approximate surface area is 498 Å². The van der Waals surface area contributed by atoms with E-state index >= 15 is 0 Å². The number of aliphatic hydroxyl groups is 1. The van der Waals surface area contributed by atoms with Gasteiger partial charge in [-0.3, -0.25) is 38.4 Å². The molecule has 0 aliphatic carbocycles. The molecular formula is C58H83N7O21. The molecule has 1 atom stereocenters. The standard InChI is InChI=1S/C58H83N7O21/c1-3-58(76)45-38-47-55-42(39-65(47)56(74)44(45)40-85-57(58)75)36-41-37-43(9-10-46(41)63-55)86-54(73)14-12-51(69)61-17-20-64(19-16-60-50(68)11-13-53(71)72)52(70)8-5-15-59-48(66)6-4-7-49(67)62-18-21-78-24-25-80-28-29-82-32-33-84-35-34-83-31-30-81-27-26-79-23-22-77-2/h9-10,36-38,76H,3-8,11-35,39-40H2,1-2H3,(H,59,66)(H,60,68)(H,61,69)(H,62,67)(H,71,72)/t58-/m0/s1. The first-order valence-corrected chi connectivity index (χ1v) is 29.0. The van der Waals surface area contributed by atoms with Crippen LogP contribution >= 0.6 is 0 Å². The van der Waals surface area contributed by atoms with Gasteiger partial charge < -0.3 is 88.3 Å². The summed E-state index contributed by atoms with van der Waals surface area (Å²) in [6.07, 6.45) is -0.265. The Morgan fingerprint density at radius 1 is 0.628 bits per heavy atom. The highest BCUT2D eigenvalue weighted by molar-refractivity contribution is 5.88. The first kappa shape index (κ1) is 69.7. The zero-order valence-corrected chi connectivity index (χ0v) is 49.2. The molecular weight excluding hydrogens is 1130 g/mol. The van der Waals surface area contributed by atoms with Crippen LogP contribution in [0.15, 0.2) is 35.1 Å².